The molecule has 0 saturated carbocycles. The van der Waals surface area contributed by atoms with E-state index in [1.807, 2.05) is 0 Å². The van der Waals surface area contributed by atoms with Crippen LogP contribution in [0.15, 0.2) is 18.5 Å². The zero-order valence-corrected chi connectivity index (χ0v) is 9.94. The van der Waals surface area contributed by atoms with Crippen molar-refractivity contribution in [1.29, 1.82) is 0 Å². The Bertz CT molecular complexity index is 568. The van der Waals surface area contributed by atoms with E-state index in [1.54, 1.807) is 13.8 Å². The zero-order chi connectivity index (χ0) is 13.1. The molecule has 2 N–H and O–H groups in total. The first-order valence-electron chi connectivity index (χ1n) is 5.37. The zero-order valence-electron chi connectivity index (χ0n) is 9.94. The first-order valence-corrected chi connectivity index (χ1v) is 5.37. The highest BCUT2D eigenvalue weighted by molar-refractivity contribution is 5.94. The van der Waals surface area contributed by atoms with Crippen molar-refractivity contribution in [3.05, 3.63) is 41.5 Å². The largest absolute Gasteiger partial charge is 0.342 e. The molecule has 0 bridgehead atoms. The summed E-state index contributed by atoms with van der Waals surface area (Å²) < 4.78 is 13.3. The Morgan fingerprint density at radius 2 is 2.33 bits per heavy atom. The molecule has 6 nitrogen and oxygen atoms in total. The van der Waals surface area contributed by atoms with Crippen LogP contribution in [0, 0.1) is 12.7 Å². The van der Waals surface area contributed by atoms with Gasteiger partial charge in [-0.15, -0.1) is 0 Å². The van der Waals surface area contributed by atoms with Crippen molar-refractivity contribution in [2.24, 2.45) is 0 Å². The molecule has 94 valence electrons. The molecule has 18 heavy (non-hydrogen) atoms. The van der Waals surface area contributed by atoms with Gasteiger partial charge in [0, 0.05) is 6.20 Å². The summed E-state index contributed by atoms with van der Waals surface area (Å²) in [5.41, 5.74) is -0.0518. The monoisotopic (exact) mass is 249 g/mol. The van der Waals surface area contributed by atoms with Crippen LogP contribution >= 0.6 is 0 Å². The molecule has 0 unspecified atom stereocenters. The van der Waals surface area contributed by atoms with E-state index in [2.05, 4.69) is 25.5 Å². The molecule has 0 aromatic carbocycles. The van der Waals surface area contributed by atoms with Gasteiger partial charge in [0.25, 0.3) is 5.91 Å². The average Bonchev–Trinajstić information content (AvgIpc) is 2.76. The second kappa shape index (κ2) is 4.91. The van der Waals surface area contributed by atoms with Crippen LogP contribution < -0.4 is 5.32 Å². The van der Waals surface area contributed by atoms with Gasteiger partial charge in [0.1, 0.15) is 5.82 Å². The maximum absolute atomic E-state index is 13.3. The lowest BCUT2D eigenvalue weighted by molar-refractivity contribution is 0.0934. The third-order valence-corrected chi connectivity index (χ3v) is 2.37. The van der Waals surface area contributed by atoms with Crippen LogP contribution in [0.3, 0.4) is 0 Å². The molecule has 0 spiro atoms. The first kappa shape index (κ1) is 12.2. The van der Waals surface area contributed by atoms with E-state index in [4.69, 9.17) is 0 Å². The van der Waals surface area contributed by atoms with Crippen LogP contribution in [0.25, 0.3) is 0 Å². The van der Waals surface area contributed by atoms with Gasteiger partial charge < -0.3 is 5.32 Å². The lowest BCUT2D eigenvalue weighted by Crippen LogP contribution is -2.28. The maximum atomic E-state index is 13.3. The molecule has 2 heterocycles. The molecule has 7 heteroatoms. The Kier molecular flexibility index (Phi) is 3.31. The fraction of sp³-hybridized carbons (Fsp3) is 0.273. The van der Waals surface area contributed by atoms with Crippen molar-refractivity contribution in [3.8, 4) is 0 Å². The van der Waals surface area contributed by atoms with Gasteiger partial charge in [0.05, 0.1) is 17.8 Å². The second-order valence-electron chi connectivity index (χ2n) is 3.83. The molecule has 0 saturated heterocycles. The van der Waals surface area contributed by atoms with Gasteiger partial charge in [-0.1, -0.05) is 0 Å². The lowest BCUT2D eigenvalue weighted by atomic mass is 10.2. The van der Waals surface area contributed by atoms with Crippen molar-refractivity contribution in [3.63, 3.8) is 0 Å². The number of aryl methyl sites for hydroxylation is 1. The average molecular weight is 249 g/mol. The predicted molar refractivity (Wildman–Crippen MR) is 61.2 cm³/mol. The molecular formula is C11H12FN5O. The molecule has 2 rings (SSSR count). The molecule has 0 aliphatic rings. The van der Waals surface area contributed by atoms with E-state index in [-0.39, 0.29) is 5.56 Å². The summed E-state index contributed by atoms with van der Waals surface area (Å²) in [5.74, 6) is -0.0743. The molecule has 0 aliphatic heterocycles. The number of rotatable bonds is 3. The van der Waals surface area contributed by atoms with Gasteiger partial charge in [-0.05, 0) is 19.9 Å². The highest BCUT2D eigenvalue weighted by Crippen LogP contribution is 2.09. The number of aromatic amines is 1. The number of H-pyrrole nitrogens is 1. The van der Waals surface area contributed by atoms with Crippen LogP contribution in [0.1, 0.15) is 35.0 Å². The number of pyridine rings is 1. The molecule has 2 aromatic heterocycles. The number of amides is 1. The van der Waals surface area contributed by atoms with Crippen LogP contribution in [0.5, 0.6) is 0 Å². The number of nitrogens with one attached hydrogen (secondary N) is 2. The third-order valence-electron chi connectivity index (χ3n) is 2.37. The molecule has 1 amide bonds. The third kappa shape index (κ3) is 2.50. The van der Waals surface area contributed by atoms with Crippen LogP contribution in [-0.4, -0.2) is 26.1 Å². The standard InChI is InChI=1S/C11H12FN5O/c1-6(10-15-7(2)16-17-10)14-11(18)8-3-4-13-5-9(8)12/h3-6H,1-2H3,(H,14,18)(H,15,16,17)/t6-/m0/s1. The number of hydrogen-bond acceptors (Lipinski definition) is 4. The van der Waals surface area contributed by atoms with Crippen LogP contribution in [0.4, 0.5) is 4.39 Å². The quantitative estimate of drug-likeness (QED) is 0.854. The van der Waals surface area contributed by atoms with E-state index < -0.39 is 17.8 Å². The van der Waals surface area contributed by atoms with Crippen LogP contribution in [0.2, 0.25) is 0 Å². The van der Waals surface area contributed by atoms with Gasteiger partial charge in [0.2, 0.25) is 0 Å². The minimum atomic E-state index is -0.659. The van der Waals surface area contributed by atoms with E-state index in [0.717, 1.165) is 6.20 Å². The number of nitrogens with zero attached hydrogens (tertiary/aromatic N) is 3. The number of carbonyl (C=O) groups excluding carboxylic acids is 1. The van der Waals surface area contributed by atoms with E-state index in [0.29, 0.717) is 11.6 Å². The van der Waals surface area contributed by atoms with Gasteiger partial charge in [-0.25, -0.2) is 9.37 Å². The summed E-state index contributed by atoms with van der Waals surface area (Å²) in [6.07, 6.45) is 2.36. The minimum absolute atomic E-state index is 0.0518. The summed E-state index contributed by atoms with van der Waals surface area (Å²) in [4.78, 5) is 19.5. The van der Waals surface area contributed by atoms with Gasteiger partial charge >= 0.3 is 0 Å². The van der Waals surface area contributed by atoms with E-state index >= 15 is 0 Å². The highest BCUT2D eigenvalue weighted by Gasteiger charge is 2.17. The molecular weight excluding hydrogens is 237 g/mol. The van der Waals surface area contributed by atoms with Crippen molar-refractivity contribution >= 4 is 5.91 Å². The molecule has 0 radical (unpaired) electrons. The molecule has 0 aliphatic carbocycles. The summed E-state index contributed by atoms with van der Waals surface area (Å²) in [6, 6.07) is 0.913. The maximum Gasteiger partial charge on any atom is 0.254 e. The summed E-state index contributed by atoms with van der Waals surface area (Å²) >= 11 is 0. The highest BCUT2D eigenvalue weighted by atomic mass is 19.1. The Morgan fingerprint density at radius 1 is 1.56 bits per heavy atom. The predicted octanol–water partition coefficient (Wildman–Crippen LogP) is 1.14. The summed E-state index contributed by atoms with van der Waals surface area (Å²) in [7, 11) is 0. The number of carbonyl (C=O) groups is 1. The van der Waals surface area contributed by atoms with E-state index in [1.165, 1.54) is 12.3 Å². The van der Waals surface area contributed by atoms with Gasteiger partial charge in [-0.3, -0.25) is 14.9 Å². The van der Waals surface area contributed by atoms with Gasteiger partial charge in [-0.2, -0.15) is 5.10 Å². The fourth-order valence-electron chi connectivity index (χ4n) is 1.45. The Labute approximate surface area is 103 Å². The Hall–Kier alpha value is -2.31. The first-order chi connectivity index (χ1) is 8.58. The lowest BCUT2D eigenvalue weighted by Gasteiger charge is -2.10. The van der Waals surface area contributed by atoms with Crippen molar-refractivity contribution < 1.29 is 9.18 Å². The van der Waals surface area contributed by atoms with E-state index in [9.17, 15) is 9.18 Å². The molecule has 1 atom stereocenters. The van der Waals surface area contributed by atoms with Crippen molar-refractivity contribution in [1.82, 2.24) is 25.5 Å². The molecule has 0 fully saturated rings. The second-order valence-corrected chi connectivity index (χ2v) is 3.83. The van der Waals surface area contributed by atoms with Crippen LogP contribution in [-0.2, 0) is 0 Å². The Balaban J connectivity index is 2.10. The SMILES string of the molecule is Cc1nc([C@H](C)NC(=O)c2ccncc2F)n[nH]1. The number of hydrogen-bond donors (Lipinski definition) is 2. The number of halogens is 1. The minimum Gasteiger partial charge on any atom is -0.342 e. The summed E-state index contributed by atoms with van der Waals surface area (Å²) in [5, 5.41) is 9.22. The fourth-order valence-corrected chi connectivity index (χ4v) is 1.45. The molecule has 2 aromatic rings. The summed E-state index contributed by atoms with van der Waals surface area (Å²) in [6.45, 7) is 3.48. The normalized spacial score (nSPS) is 12.2. The van der Waals surface area contributed by atoms with Gasteiger partial charge in [0.15, 0.2) is 11.6 Å². The smallest absolute Gasteiger partial charge is 0.254 e. The van der Waals surface area contributed by atoms with Crippen molar-refractivity contribution in [2.45, 2.75) is 19.9 Å². The Morgan fingerprint density at radius 3 is 2.94 bits per heavy atom. The topological polar surface area (TPSA) is 83.6 Å². The van der Waals surface area contributed by atoms with Crippen molar-refractivity contribution in [2.75, 3.05) is 0 Å². The number of aromatic nitrogens is 4.